The van der Waals surface area contributed by atoms with Gasteiger partial charge in [-0.05, 0) is 26.8 Å². The predicted octanol–water partition coefficient (Wildman–Crippen LogP) is 1.98. The van der Waals surface area contributed by atoms with Crippen LogP contribution in [0, 0.1) is 10.1 Å². The van der Waals surface area contributed by atoms with Gasteiger partial charge in [-0.3, -0.25) is 15.0 Å². The van der Waals surface area contributed by atoms with E-state index < -0.39 is 16.7 Å². The Morgan fingerprint density at radius 2 is 2.08 bits per heavy atom. The summed E-state index contributed by atoms with van der Waals surface area (Å²) in [7, 11) is 0. The molecule has 0 spiro atoms. The molecule has 2 heterocycles. The van der Waals surface area contributed by atoms with Gasteiger partial charge in [0.2, 0.25) is 5.76 Å². The van der Waals surface area contributed by atoms with Crippen molar-refractivity contribution in [2.45, 2.75) is 26.8 Å². The minimum Gasteiger partial charge on any atom is -0.502 e. The Hall–Kier alpha value is -2.68. The molecule has 0 radical (unpaired) electrons. The van der Waals surface area contributed by atoms with Crippen molar-refractivity contribution in [2.24, 2.45) is 0 Å². The van der Waals surface area contributed by atoms with E-state index in [4.69, 9.17) is 4.74 Å². The molecule has 0 saturated carbocycles. The zero-order valence-corrected chi connectivity index (χ0v) is 15.2. The molecule has 0 bridgehead atoms. The Balaban J connectivity index is 2.27. The Morgan fingerprint density at radius 1 is 1.42 bits per heavy atom. The first kappa shape index (κ1) is 19.6. The molecule has 9 nitrogen and oxygen atoms in total. The zero-order chi connectivity index (χ0) is 19.3. The summed E-state index contributed by atoms with van der Waals surface area (Å²) < 4.78 is 4.70. The van der Waals surface area contributed by atoms with Gasteiger partial charge in [-0.25, -0.2) is 9.78 Å². The molecule has 0 aliphatic carbocycles. The standard InChI is InChI=1S/C17H24N4O5/c1-4-26-17(23)15(22)9-13-10-16(18-11-14(13)21(24)25)20-7-5-19(6-8-20)12(2)3/h9-12,22H,4-8H2,1-3H3/b15-9-. The summed E-state index contributed by atoms with van der Waals surface area (Å²) in [6, 6.07) is 1.97. The first-order valence-corrected chi connectivity index (χ1v) is 8.54. The van der Waals surface area contributed by atoms with Crippen molar-refractivity contribution in [3.63, 3.8) is 0 Å². The van der Waals surface area contributed by atoms with E-state index in [-0.39, 0.29) is 17.9 Å². The maximum Gasteiger partial charge on any atom is 0.373 e. The van der Waals surface area contributed by atoms with Crippen LogP contribution in [0.15, 0.2) is 18.0 Å². The number of rotatable bonds is 6. The number of carbonyl (C=O) groups is 1. The maximum atomic E-state index is 11.6. The van der Waals surface area contributed by atoms with Gasteiger partial charge in [-0.1, -0.05) is 0 Å². The van der Waals surface area contributed by atoms with Crippen molar-refractivity contribution in [1.29, 1.82) is 0 Å². The fourth-order valence-electron chi connectivity index (χ4n) is 2.77. The molecular formula is C17H24N4O5. The number of aliphatic hydroxyl groups is 1. The first-order valence-electron chi connectivity index (χ1n) is 8.54. The summed E-state index contributed by atoms with van der Waals surface area (Å²) in [6.45, 7) is 9.22. The van der Waals surface area contributed by atoms with Crippen LogP contribution in [0.4, 0.5) is 11.5 Å². The van der Waals surface area contributed by atoms with E-state index in [0.29, 0.717) is 11.9 Å². The van der Waals surface area contributed by atoms with Gasteiger partial charge in [-0.15, -0.1) is 0 Å². The highest BCUT2D eigenvalue weighted by molar-refractivity contribution is 5.91. The molecule has 0 unspecified atom stereocenters. The summed E-state index contributed by atoms with van der Waals surface area (Å²) >= 11 is 0. The second-order valence-corrected chi connectivity index (χ2v) is 6.23. The first-order chi connectivity index (χ1) is 12.3. The minimum atomic E-state index is -0.925. The quantitative estimate of drug-likeness (QED) is 0.268. The highest BCUT2D eigenvalue weighted by Gasteiger charge is 2.23. The lowest BCUT2D eigenvalue weighted by molar-refractivity contribution is -0.385. The third-order valence-corrected chi connectivity index (χ3v) is 4.24. The SMILES string of the molecule is CCOC(=O)/C(O)=C/c1cc(N2CCN(C(C)C)CC2)ncc1[N+](=O)[O-]. The van der Waals surface area contributed by atoms with E-state index in [1.165, 1.54) is 6.07 Å². The summed E-state index contributed by atoms with van der Waals surface area (Å²) in [5, 5.41) is 21.1. The Kier molecular flexibility index (Phi) is 6.51. The molecular weight excluding hydrogens is 340 g/mol. The van der Waals surface area contributed by atoms with Crippen molar-refractivity contribution in [1.82, 2.24) is 9.88 Å². The molecule has 2 rings (SSSR count). The highest BCUT2D eigenvalue weighted by Crippen LogP contribution is 2.25. The second kappa shape index (κ2) is 8.61. The molecule has 1 N–H and O–H groups in total. The normalized spacial score (nSPS) is 16.0. The third kappa shape index (κ3) is 4.69. The monoisotopic (exact) mass is 364 g/mol. The van der Waals surface area contributed by atoms with Crippen LogP contribution in [0.25, 0.3) is 6.08 Å². The number of anilines is 1. The molecule has 0 amide bonds. The lowest BCUT2D eigenvalue weighted by Crippen LogP contribution is -2.49. The number of aromatic nitrogens is 1. The molecule has 142 valence electrons. The number of carbonyl (C=O) groups excluding carboxylic acids is 1. The van der Waals surface area contributed by atoms with Crippen molar-refractivity contribution in [3.05, 3.63) is 33.7 Å². The van der Waals surface area contributed by atoms with Crippen molar-refractivity contribution < 1.29 is 19.6 Å². The number of nitro groups is 1. The van der Waals surface area contributed by atoms with Gasteiger partial charge in [-0.2, -0.15) is 0 Å². The van der Waals surface area contributed by atoms with E-state index in [2.05, 4.69) is 23.7 Å². The van der Waals surface area contributed by atoms with Gasteiger partial charge in [0, 0.05) is 38.3 Å². The van der Waals surface area contributed by atoms with Gasteiger partial charge in [0.15, 0.2) is 0 Å². The molecule has 0 aromatic carbocycles. The van der Waals surface area contributed by atoms with Gasteiger partial charge in [0.1, 0.15) is 12.0 Å². The largest absolute Gasteiger partial charge is 0.502 e. The lowest BCUT2D eigenvalue weighted by Gasteiger charge is -2.37. The van der Waals surface area contributed by atoms with Crippen LogP contribution < -0.4 is 4.90 Å². The van der Waals surface area contributed by atoms with Gasteiger partial charge >= 0.3 is 5.97 Å². The number of hydrogen-bond acceptors (Lipinski definition) is 8. The smallest absolute Gasteiger partial charge is 0.373 e. The number of hydrogen-bond donors (Lipinski definition) is 1. The van der Waals surface area contributed by atoms with E-state index in [1.54, 1.807) is 6.92 Å². The highest BCUT2D eigenvalue weighted by atomic mass is 16.6. The van der Waals surface area contributed by atoms with Crippen LogP contribution in [0.5, 0.6) is 0 Å². The summed E-state index contributed by atoms with van der Waals surface area (Å²) in [6.07, 6.45) is 2.19. The molecule has 26 heavy (non-hydrogen) atoms. The predicted molar refractivity (Wildman–Crippen MR) is 97.1 cm³/mol. The number of esters is 1. The van der Waals surface area contributed by atoms with E-state index >= 15 is 0 Å². The third-order valence-electron chi connectivity index (χ3n) is 4.24. The molecule has 1 aromatic heterocycles. The molecule has 1 fully saturated rings. The minimum absolute atomic E-state index is 0.0978. The van der Waals surface area contributed by atoms with Crippen molar-refractivity contribution in [2.75, 3.05) is 37.7 Å². The van der Waals surface area contributed by atoms with Crippen LogP contribution in [-0.2, 0) is 9.53 Å². The van der Waals surface area contributed by atoms with Gasteiger partial charge in [0.25, 0.3) is 5.69 Å². The Morgan fingerprint density at radius 3 is 2.62 bits per heavy atom. The lowest BCUT2D eigenvalue weighted by atomic mass is 10.1. The number of aliphatic hydroxyl groups excluding tert-OH is 1. The Labute approximate surface area is 152 Å². The van der Waals surface area contributed by atoms with Crippen molar-refractivity contribution >= 4 is 23.6 Å². The van der Waals surface area contributed by atoms with Crippen LogP contribution in [-0.4, -0.2) is 64.7 Å². The van der Waals surface area contributed by atoms with Crippen LogP contribution in [0.1, 0.15) is 26.3 Å². The average molecular weight is 364 g/mol. The number of ether oxygens (including phenoxy) is 1. The van der Waals surface area contributed by atoms with Gasteiger partial charge in [0.05, 0.1) is 17.1 Å². The molecule has 9 heteroatoms. The topological polar surface area (TPSA) is 109 Å². The van der Waals surface area contributed by atoms with Gasteiger partial charge < -0.3 is 14.7 Å². The summed E-state index contributed by atoms with van der Waals surface area (Å²) in [5.74, 6) is -1.04. The summed E-state index contributed by atoms with van der Waals surface area (Å²) in [4.78, 5) is 30.7. The van der Waals surface area contributed by atoms with E-state index in [9.17, 15) is 20.0 Å². The average Bonchev–Trinajstić information content (AvgIpc) is 2.61. The van der Waals surface area contributed by atoms with Crippen LogP contribution >= 0.6 is 0 Å². The maximum absolute atomic E-state index is 11.6. The zero-order valence-electron chi connectivity index (χ0n) is 15.2. The molecule has 1 aliphatic heterocycles. The van der Waals surface area contributed by atoms with E-state index in [0.717, 1.165) is 38.5 Å². The molecule has 1 aliphatic rings. The Bertz CT molecular complexity index is 696. The fraction of sp³-hybridized carbons (Fsp3) is 0.529. The van der Waals surface area contributed by atoms with Crippen molar-refractivity contribution in [3.8, 4) is 0 Å². The fourth-order valence-corrected chi connectivity index (χ4v) is 2.77. The van der Waals surface area contributed by atoms with E-state index in [1.807, 2.05) is 4.90 Å². The number of nitrogens with zero attached hydrogens (tertiary/aromatic N) is 4. The summed E-state index contributed by atoms with van der Waals surface area (Å²) in [5.41, 5.74) is -0.178. The number of piperazine rings is 1. The molecule has 0 atom stereocenters. The second-order valence-electron chi connectivity index (χ2n) is 6.23. The van der Waals surface area contributed by atoms with Crippen LogP contribution in [0.2, 0.25) is 0 Å². The molecule has 1 saturated heterocycles. The number of pyridine rings is 1. The van der Waals surface area contributed by atoms with Crippen LogP contribution in [0.3, 0.4) is 0 Å². The molecule has 1 aromatic rings.